The van der Waals surface area contributed by atoms with E-state index < -0.39 is 6.04 Å². The number of thioether (sulfide) groups is 1. The summed E-state index contributed by atoms with van der Waals surface area (Å²) in [6.07, 6.45) is 0. The summed E-state index contributed by atoms with van der Waals surface area (Å²) in [6, 6.07) is 18.8. The Morgan fingerprint density at radius 1 is 0.925 bits per heavy atom. The smallest absolute Gasteiger partial charge is 0.255 e. The maximum Gasteiger partial charge on any atom is 0.255 e. The number of methoxy groups -OCH3 is 3. The van der Waals surface area contributed by atoms with Gasteiger partial charge in [0.15, 0.2) is 16.7 Å². The number of benzene rings is 3. The van der Waals surface area contributed by atoms with Gasteiger partial charge in [-0.2, -0.15) is 0 Å². The average Bonchev–Trinajstić information content (AvgIpc) is 2.96. The van der Waals surface area contributed by atoms with Crippen molar-refractivity contribution in [3.05, 3.63) is 88.6 Å². The van der Waals surface area contributed by atoms with Crippen molar-refractivity contribution < 1.29 is 23.8 Å². The molecule has 1 atom stereocenters. The van der Waals surface area contributed by atoms with Crippen molar-refractivity contribution in [2.75, 3.05) is 37.7 Å². The van der Waals surface area contributed by atoms with E-state index in [2.05, 4.69) is 16.0 Å². The van der Waals surface area contributed by atoms with Gasteiger partial charge in [0.1, 0.15) is 6.04 Å². The molecule has 40 heavy (non-hydrogen) atoms. The van der Waals surface area contributed by atoms with E-state index in [1.807, 2.05) is 30.3 Å². The maximum absolute atomic E-state index is 13.5. The summed E-state index contributed by atoms with van der Waals surface area (Å²) in [6.45, 7) is 1.80. The number of aliphatic imine (C=N–C) groups is 1. The normalized spacial score (nSPS) is 14.5. The fourth-order valence-electron chi connectivity index (χ4n) is 4.10. The number of amidine groups is 1. The molecule has 1 aliphatic heterocycles. The number of para-hydroxylation sites is 1. The van der Waals surface area contributed by atoms with E-state index >= 15 is 0 Å². The minimum atomic E-state index is -0.722. The predicted molar refractivity (Wildman–Crippen MR) is 160 cm³/mol. The van der Waals surface area contributed by atoms with Crippen LogP contribution in [0.2, 0.25) is 5.02 Å². The molecule has 0 unspecified atom stereocenters. The van der Waals surface area contributed by atoms with Crippen LogP contribution in [0.15, 0.2) is 83.0 Å². The van der Waals surface area contributed by atoms with Gasteiger partial charge in [0.2, 0.25) is 11.7 Å². The van der Waals surface area contributed by atoms with E-state index in [0.29, 0.717) is 55.6 Å². The molecule has 1 heterocycles. The van der Waals surface area contributed by atoms with Gasteiger partial charge in [-0.05, 0) is 61.0 Å². The summed E-state index contributed by atoms with van der Waals surface area (Å²) < 4.78 is 16.6. The first-order chi connectivity index (χ1) is 19.3. The van der Waals surface area contributed by atoms with Gasteiger partial charge in [0.25, 0.3) is 5.91 Å². The summed E-state index contributed by atoms with van der Waals surface area (Å²) in [7, 11) is 4.57. The van der Waals surface area contributed by atoms with Gasteiger partial charge in [-0.25, -0.2) is 4.99 Å². The van der Waals surface area contributed by atoms with E-state index in [9.17, 15) is 9.59 Å². The highest BCUT2D eigenvalue weighted by atomic mass is 35.5. The first-order valence-electron chi connectivity index (χ1n) is 12.2. The van der Waals surface area contributed by atoms with Crippen LogP contribution in [-0.2, 0) is 9.59 Å². The fourth-order valence-corrected chi connectivity index (χ4v) is 4.97. The Morgan fingerprint density at radius 2 is 1.55 bits per heavy atom. The number of amides is 2. The largest absolute Gasteiger partial charge is 0.493 e. The molecule has 11 heteroatoms. The van der Waals surface area contributed by atoms with Gasteiger partial charge in [-0.15, -0.1) is 0 Å². The summed E-state index contributed by atoms with van der Waals surface area (Å²) in [4.78, 5) is 31.0. The van der Waals surface area contributed by atoms with Gasteiger partial charge in [-0.3, -0.25) is 9.59 Å². The van der Waals surface area contributed by atoms with Crippen molar-refractivity contribution in [2.24, 2.45) is 4.99 Å². The summed E-state index contributed by atoms with van der Waals surface area (Å²) in [5.74, 6) is 0.856. The van der Waals surface area contributed by atoms with Crippen LogP contribution in [0.1, 0.15) is 18.5 Å². The summed E-state index contributed by atoms with van der Waals surface area (Å²) in [5.41, 5.74) is 2.95. The van der Waals surface area contributed by atoms with E-state index in [1.165, 1.54) is 33.1 Å². The zero-order chi connectivity index (χ0) is 28.6. The highest BCUT2D eigenvalue weighted by Crippen LogP contribution is 2.43. The van der Waals surface area contributed by atoms with Gasteiger partial charge >= 0.3 is 0 Å². The number of hydrogen-bond acceptors (Lipinski definition) is 8. The molecule has 3 aromatic carbocycles. The molecule has 0 fully saturated rings. The summed E-state index contributed by atoms with van der Waals surface area (Å²) >= 11 is 7.15. The Bertz CT molecular complexity index is 1420. The predicted octanol–water partition coefficient (Wildman–Crippen LogP) is 5.65. The lowest BCUT2D eigenvalue weighted by atomic mass is 9.95. The highest BCUT2D eigenvalue weighted by molar-refractivity contribution is 8.14. The highest BCUT2D eigenvalue weighted by Gasteiger charge is 2.31. The van der Waals surface area contributed by atoms with Crippen molar-refractivity contribution in [1.82, 2.24) is 5.32 Å². The first-order valence-corrected chi connectivity index (χ1v) is 13.6. The van der Waals surface area contributed by atoms with E-state index in [4.69, 9.17) is 30.8 Å². The molecule has 3 N–H and O–H groups in total. The molecule has 208 valence electrons. The number of anilines is 2. The first kappa shape index (κ1) is 28.8. The Labute approximate surface area is 241 Å². The van der Waals surface area contributed by atoms with Gasteiger partial charge < -0.3 is 30.2 Å². The number of hydrogen-bond donors (Lipinski definition) is 3. The van der Waals surface area contributed by atoms with Crippen LogP contribution < -0.4 is 30.2 Å². The van der Waals surface area contributed by atoms with E-state index in [1.54, 1.807) is 43.3 Å². The molecule has 0 spiro atoms. The standard InChI is InChI=1S/C29H29ClN4O5S/c1-17-25(28(36)33-20-8-6-5-7-9-20)26(18-14-22(37-2)27(39-4)23(15-18)38-3)34-29(31-17)40-16-24(35)32-21-12-10-19(30)11-13-21/h5-15,26H,16H2,1-4H3,(H,31,34)(H,32,35)(H,33,36)/t26-/m0/s1. The fraction of sp³-hybridized carbons (Fsp3) is 0.207. The van der Waals surface area contributed by atoms with Crippen LogP contribution in [0.5, 0.6) is 17.2 Å². The molecule has 1 aliphatic rings. The van der Waals surface area contributed by atoms with Crippen LogP contribution in [0.25, 0.3) is 0 Å². The monoisotopic (exact) mass is 580 g/mol. The molecule has 2 amide bonds. The molecular weight excluding hydrogens is 552 g/mol. The molecule has 0 radical (unpaired) electrons. The van der Waals surface area contributed by atoms with Crippen LogP contribution in [0.4, 0.5) is 11.4 Å². The van der Waals surface area contributed by atoms with E-state index in [-0.39, 0.29) is 17.6 Å². The minimum absolute atomic E-state index is 0.0925. The summed E-state index contributed by atoms with van der Waals surface area (Å²) in [5, 5.41) is 10.0. The number of allylic oxidation sites excluding steroid dienone is 1. The molecule has 0 saturated carbocycles. The zero-order valence-electron chi connectivity index (χ0n) is 22.4. The number of ether oxygens (including phenoxy) is 3. The average molecular weight is 581 g/mol. The number of carbonyl (C=O) groups excluding carboxylic acids is 2. The van der Waals surface area contributed by atoms with Gasteiger partial charge in [0.05, 0.1) is 32.7 Å². The number of rotatable bonds is 9. The molecule has 0 bridgehead atoms. The second-order valence-corrected chi connectivity index (χ2v) is 10.0. The molecule has 4 rings (SSSR count). The maximum atomic E-state index is 13.5. The molecule has 0 aromatic heterocycles. The number of carbonyl (C=O) groups is 2. The quantitative estimate of drug-likeness (QED) is 0.300. The van der Waals surface area contributed by atoms with Crippen LogP contribution in [-0.4, -0.2) is 44.1 Å². The van der Waals surface area contributed by atoms with Crippen molar-refractivity contribution >= 4 is 51.7 Å². The van der Waals surface area contributed by atoms with E-state index in [0.717, 1.165) is 0 Å². The van der Waals surface area contributed by atoms with Gasteiger partial charge in [0, 0.05) is 22.1 Å². The van der Waals surface area contributed by atoms with Crippen molar-refractivity contribution in [1.29, 1.82) is 0 Å². The number of halogens is 1. The molecule has 0 aliphatic carbocycles. The Hall–Kier alpha value is -4.15. The second-order valence-electron chi connectivity index (χ2n) is 8.62. The van der Waals surface area contributed by atoms with Crippen molar-refractivity contribution in [3.8, 4) is 17.2 Å². The van der Waals surface area contributed by atoms with Gasteiger partial charge in [-0.1, -0.05) is 41.6 Å². The number of nitrogens with one attached hydrogen (secondary N) is 3. The molecule has 9 nitrogen and oxygen atoms in total. The Kier molecular flexibility index (Phi) is 9.57. The van der Waals surface area contributed by atoms with Crippen molar-refractivity contribution in [2.45, 2.75) is 13.0 Å². The SMILES string of the molecule is COc1cc([C@@H]2N=C(SCC(=O)Nc3ccc(Cl)cc3)NC(C)=C2C(=O)Nc2ccccc2)cc(OC)c1OC. The Balaban J connectivity index is 1.64. The third-order valence-electron chi connectivity index (χ3n) is 5.97. The Morgan fingerprint density at radius 3 is 2.15 bits per heavy atom. The lowest BCUT2D eigenvalue weighted by molar-refractivity contribution is -0.114. The second kappa shape index (κ2) is 13.3. The lowest BCUT2D eigenvalue weighted by Gasteiger charge is -2.27. The number of nitrogens with zero attached hydrogens (tertiary/aromatic N) is 1. The van der Waals surface area contributed by atoms with Crippen LogP contribution in [0, 0.1) is 0 Å². The topological polar surface area (TPSA) is 110 Å². The molecule has 3 aromatic rings. The third-order valence-corrected chi connectivity index (χ3v) is 7.10. The zero-order valence-corrected chi connectivity index (χ0v) is 24.0. The van der Waals surface area contributed by atoms with Crippen LogP contribution in [0.3, 0.4) is 0 Å². The third kappa shape index (κ3) is 6.88. The lowest BCUT2D eigenvalue weighted by Crippen LogP contribution is -2.32. The van der Waals surface area contributed by atoms with Crippen LogP contribution >= 0.6 is 23.4 Å². The minimum Gasteiger partial charge on any atom is -0.493 e. The molecule has 0 saturated heterocycles. The van der Waals surface area contributed by atoms with Crippen molar-refractivity contribution in [3.63, 3.8) is 0 Å². The molecular formula is C29H29ClN4O5S.